The number of nitrogens with zero attached hydrogens (tertiary/aromatic N) is 2. The maximum absolute atomic E-state index is 4.12. The Morgan fingerprint density at radius 2 is 2.08 bits per heavy atom. The number of halogens is 1. The largest absolute Gasteiger partial charge is 0.222 e. The smallest absolute Gasteiger partial charge is 0.0893 e. The highest BCUT2D eigenvalue weighted by molar-refractivity contribution is 9.07. The highest BCUT2D eigenvalue weighted by Crippen LogP contribution is 2.29. The van der Waals surface area contributed by atoms with Crippen LogP contribution < -0.4 is 0 Å². The van der Waals surface area contributed by atoms with E-state index in [4.69, 9.17) is 0 Å². The molecule has 0 amide bonds. The first-order chi connectivity index (χ1) is 5.88. The molecule has 1 aromatic carbocycles. The molecule has 1 atom stereocenters. The van der Waals surface area contributed by atoms with Crippen LogP contribution in [0.25, 0.3) is 0 Å². The van der Waals surface area contributed by atoms with E-state index < -0.39 is 0 Å². The number of benzene rings is 1. The summed E-state index contributed by atoms with van der Waals surface area (Å²) >= 11 is 3.38. The van der Waals surface area contributed by atoms with E-state index in [1.807, 2.05) is 16.3 Å². The van der Waals surface area contributed by atoms with Gasteiger partial charge in [-0.3, -0.25) is 0 Å². The Bertz CT molecular complexity index is 284. The Labute approximate surface area is 80.2 Å². The van der Waals surface area contributed by atoms with Crippen LogP contribution in [0.2, 0.25) is 0 Å². The summed E-state index contributed by atoms with van der Waals surface area (Å²) in [4.78, 5) is 0. The Hall–Kier alpha value is -0.830. The molecular weight excluding hydrogens is 216 g/mol. The number of hydrazone groups is 1. The van der Waals surface area contributed by atoms with Crippen molar-refractivity contribution >= 4 is 22.4 Å². The fourth-order valence-electron chi connectivity index (χ4n) is 1.33. The molecule has 0 saturated heterocycles. The lowest BCUT2D eigenvalue weighted by Crippen LogP contribution is -2.07. The van der Waals surface area contributed by atoms with Gasteiger partial charge in [0, 0.05) is 12.6 Å². The van der Waals surface area contributed by atoms with Crippen molar-refractivity contribution in [1.82, 2.24) is 4.03 Å². The zero-order valence-corrected chi connectivity index (χ0v) is 8.11. The van der Waals surface area contributed by atoms with Crippen molar-refractivity contribution in [2.75, 3.05) is 0 Å². The quantitative estimate of drug-likeness (QED) is 0.671. The van der Waals surface area contributed by atoms with Gasteiger partial charge in [0.1, 0.15) is 0 Å². The summed E-state index contributed by atoms with van der Waals surface area (Å²) in [6.45, 7) is 0. The number of hydrogen-bond donors (Lipinski definition) is 0. The van der Waals surface area contributed by atoms with Crippen LogP contribution in [0.3, 0.4) is 0 Å². The molecule has 0 N–H and O–H groups in total. The summed E-state index contributed by atoms with van der Waals surface area (Å²) in [6.07, 6.45) is 2.90. The predicted octanol–water partition coefficient (Wildman–Crippen LogP) is 2.73. The van der Waals surface area contributed by atoms with E-state index in [2.05, 4.69) is 45.5 Å². The highest BCUT2D eigenvalue weighted by Gasteiger charge is 2.19. The lowest BCUT2D eigenvalue weighted by molar-refractivity contribution is 0.436. The van der Waals surface area contributed by atoms with E-state index in [0.29, 0.717) is 6.04 Å². The third-order valence-corrected chi connectivity index (χ3v) is 2.64. The first-order valence-electron chi connectivity index (χ1n) is 3.90. The number of rotatable bonds is 1. The second kappa shape index (κ2) is 3.27. The molecule has 0 aliphatic carbocycles. The predicted molar refractivity (Wildman–Crippen MR) is 53.1 cm³/mol. The van der Waals surface area contributed by atoms with Gasteiger partial charge in [0.2, 0.25) is 0 Å². The van der Waals surface area contributed by atoms with Gasteiger partial charge in [0.15, 0.2) is 0 Å². The topological polar surface area (TPSA) is 15.6 Å². The fourth-order valence-corrected chi connectivity index (χ4v) is 1.86. The molecule has 12 heavy (non-hydrogen) atoms. The van der Waals surface area contributed by atoms with Crippen molar-refractivity contribution < 1.29 is 0 Å². The average molecular weight is 225 g/mol. The monoisotopic (exact) mass is 224 g/mol. The van der Waals surface area contributed by atoms with Gasteiger partial charge in [-0.25, -0.2) is 4.03 Å². The van der Waals surface area contributed by atoms with Crippen molar-refractivity contribution in [3.05, 3.63) is 35.9 Å². The molecule has 0 saturated carbocycles. The van der Waals surface area contributed by atoms with Crippen molar-refractivity contribution in [2.24, 2.45) is 5.10 Å². The van der Waals surface area contributed by atoms with E-state index in [-0.39, 0.29) is 0 Å². The molecule has 0 fully saturated rings. The normalized spacial score (nSPS) is 21.8. The minimum atomic E-state index is 0.367. The molecule has 1 aromatic rings. The van der Waals surface area contributed by atoms with Crippen LogP contribution in [0.4, 0.5) is 0 Å². The average Bonchev–Trinajstić information content (AvgIpc) is 2.53. The Morgan fingerprint density at radius 1 is 1.33 bits per heavy atom. The van der Waals surface area contributed by atoms with Crippen molar-refractivity contribution in [3.63, 3.8) is 0 Å². The number of hydrogen-bond acceptors (Lipinski definition) is 2. The zero-order valence-electron chi connectivity index (χ0n) is 6.52. The van der Waals surface area contributed by atoms with Crippen molar-refractivity contribution in [2.45, 2.75) is 12.5 Å². The lowest BCUT2D eigenvalue weighted by Gasteiger charge is -2.16. The molecular formula is C9H9BrN2. The summed E-state index contributed by atoms with van der Waals surface area (Å²) in [7, 11) is 0. The Balaban J connectivity index is 2.22. The van der Waals surface area contributed by atoms with Crippen LogP contribution in [0, 0.1) is 0 Å². The molecule has 62 valence electrons. The molecule has 0 spiro atoms. The first-order valence-corrected chi connectivity index (χ1v) is 4.61. The first kappa shape index (κ1) is 7.80. The minimum absolute atomic E-state index is 0.367. The van der Waals surface area contributed by atoms with Crippen molar-refractivity contribution in [3.8, 4) is 0 Å². The summed E-state index contributed by atoms with van der Waals surface area (Å²) in [5.74, 6) is 0. The van der Waals surface area contributed by atoms with Crippen LogP contribution in [-0.2, 0) is 0 Å². The summed E-state index contributed by atoms with van der Waals surface area (Å²) < 4.78 is 1.82. The summed E-state index contributed by atoms with van der Waals surface area (Å²) in [6, 6.07) is 10.7. The zero-order chi connectivity index (χ0) is 8.39. The van der Waals surface area contributed by atoms with Gasteiger partial charge in [0.25, 0.3) is 0 Å². The molecule has 3 heteroatoms. The Kier molecular flexibility index (Phi) is 2.13. The molecule has 1 aliphatic rings. The molecule has 1 heterocycles. The minimum Gasteiger partial charge on any atom is -0.222 e. The Morgan fingerprint density at radius 3 is 2.67 bits per heavy atom. The lowest BCUT2D eigenvalue weighted by atomic mass is 10.1. The van der Waals surface area contributed by atoms with Gasteiger partial charge in [0.05, 0.1) is 22.2 Å². The van der Waals surface area contributed by atoms with Gasteiger partial charge < -0.3 is 0 Å². The van der Waals surface area contributed by atoms with Gasteiger partial charge in [-0.15, -0.1) is 0 Å². The van der Waals surface area contributed by atoms with E-state index >= 15 is 0 Å². The van der Waals surface area contributed by atoms with Gasteiger partial charge in [-0.05, 0) is 5.56 Å². The van der Waals surface area contributed by atoms with Gasteiger partial charge >= 0.3 is 0 Å². The maximum Gasteiger partial charge on any atom is 0.0893 e. The molecule has 0 radical (unpaired) electrons. The standard InChI is InChI=1S/C9H9BrN2/c10-12-9(6-7-11-12)8-4-2-1-3-5-8/h1-5,7,9H,6H2. The molecule has 2 nitrogen and oxygen atoms in total. The third kappa shape index (κ3) is 1.37. The highest BCUT2D eigenvalue weighted by atomic mass is 79.9. The van der Waals surface area contributed by atoms with Crippen LogP contribution >= 0.6 is 16.1 Å². The fraction of sp³-hybridized carbons (Fsp3) is 0.222. The van der Waals surface area contributed by atoms with Crippen LogP contribution in [-0.4, -0.2) is 10.2 Å². The SMILES string of the molecule is BrN1N=CCC1c1ccccc1. The van der Waals surface area contributed by atoms with E-state index in [1.54, 1.807) is 0 Å². The molecule has 1 aliphatic heterocycles. The molecule has 1 unspecified atom stereocenters. The molecule has 2 rings (SSSR count). The van der Waals surface area contributed by atoms with Gasteiger partial charge in [-0.1, -0.05) is 30.3 Å². The van der Waals surface area contributed by atoms with Crippen LogP contribution in [0.15, 0.2) is 35.4 Å². The van der Waals surface area contributed by atoms with E-state index in [0.717, 1.165) is 6.42 Å². The summed E-state index contributed by atoms with van der Waals surface area (Å²) in [5.41, 5.74) is 1.30. The second-order valence-electron chi connectivity index (χ2n) is 2.75. The van der Waals surface area contributed by atoms with Crippen molar-refractivity contribution in [1.29, 1.82) is 0 Å². The summed E-state index contributed by atoms with van der Waals surface area (Å²) in [5, 5.41) is 4.12. The second-order valence-corrected chi connectivity index (χ2v) is 3.48. The van der Waals surface area contributed by atoms with Crippen LogP contribution in [0.1, 0.15) is 18.0 Å². The van der Waals surface area contributed by atoms with E-state index in [9.17, 15) is 0 Å². The molecule has 0 aromatic heterocycles. The maximum atomic E-state index is 4.12. The van der Waals surface area contributed by atoms with Crippen LogP contribution in [0.5, 0.6) is 0 Å². The third-order valence-electron chi connectivity index (χ3n) is 1.96. The van der Waals surface area contributed by atoms with Gasteiger partial charge in [-0.2, -0.15) is 5.10 Å². The van der Waals surface area contributed by atoms with E-state index in [1.165, 1.54) is 5.56 Å². The molecule has 0 bridgehead atoms.